The van der Waals surface area contributed by atoms with Gasteiger partial charge in [-0.15, -0.1) is 0 Å². The number of fused-ring (bicyclic) bond motifs is 2. The molecule has 0 aromatic rings. The van der Waals surface area contributed by atoms with E-state index in [-0.39, 0.29) is 0 Å². The molecule has 2 bridgehead atoms. The van der Waals surface area contributed by atoms with Crippen LogP contribution in [-0.4, -0.2) is 55.6 Å². The van der Waals surface area contributed by atoms with Gasteiger partial charge in [0.1, 0.15) is 0 Å². The van der Waals surface area contributed by atoms with E-state index in [0.717, 1.165) is 17.8 Å². The molecule has 2 N–H and O–H groups in total. The fourth-order valence-corrected chi connectivity index (χ4v) is 4.98. The Morgan fingerprint density at radius 3 is 2.26 bits per heavy atom. The molecule has 0 amide bonds. The molecule has 3 aliphatic carbocycles. The van der Waals surface area contributed by atoms with Gasteiger partial charge in [-0.3, -0.25) is 0 Å². The average molecular weight is 265 g/mol. The first-order chi connectivity index (χ1) is 9.02. The Balaban J connectivity index is 1.55. The molecule has 0 saturated heterocycles. The van der Waals surface area contributed by atoms with E-state index >= 15 is 0 Å². The summed E-state index contributed by atoms with van der Waals surface area (Å²) in [5.41, 5.74) is 6.90. The van der Waals surface area contributed by atoms with Crippen molar-refractivity contribution in [1.82, 2.24) is 9.80 Å². The molecule has 3 fully saturated rings. The van der Waals surface area contributed by atoms with E-state index < -0.39 is 0 Å². The summed E-state index contributed by atoms with van der Waals surface area (Å²) >= 11 is 0. The van der Waals surface area contributed by atoms with E-state index in [4.69, 9.17) is 5.73 Å². The fraction of sp³-hybridized carbons (Fsp3) is 1.00. The third-order valence-electron chi connectivity index (χ3n) is 6.48. The van der Waals surface area contributed by atoms with Crippen LogP contribution in [0.15, 0.2) is 0 Å². The van der Waals surface area contributed by atoms with Crippen molar-refractivity contribution in [2.45, 2.75) is 50.1 Å². The highest BCUT2D eigenvalue weighted by atomic mass is 15.2. The first-order valence-corrected chi connectivity index (χ1v) is 8.13. The standard InChI is InChI=1S/C16H31N3/c1-18(2)16(7-4-8-16)11-19(3)10-14-12-5-6-13(9-12)15(14)17/h12-15H,4-11,17H2,1-3H3. The Hall–Kier alpha value is -0.120. The van der Waals surface area contributed by atoms with Crippen LogP contribution in [0.4, 0.5) is 0 Å². The Labute approximate surface area is 118 Å². The van der Waals surface area contributed by atoms with Crippen LogP contribution >= 0.6 is 0 Å². The molecule has 0 spiro atoms. The summed E-state index contributed by atoms with van der Waals surface area (Å²) in [6.45, 7) is 2.44. The smallest absolute Gasteiger partial charge is 0.0330 e. The lowest BCUT2D eigenvalue weighted by molar-refractivity contribution is 0.0206. The number of nitrogens with zero attached hydrogens (tertiary/aromatic N) is 2. The predicted octanol–water partition coefficient (Wildman–Crippen LogP) is 1.78. The van der Waals surface area contributed by atoms with Crippen molar-refractivity contribution < 1.29 is 0 Å². The molecule has 3 saturated carbocycles. The van der Waals surface area contributed by atoms with Gasteiger partial charge in [-0.1, -0.05) is 0 Å². The zero-order chi connectivity index (χ0) is 13.6. The minimum absolute atomic E-state index is 0.455. The van der Waals surface area contributed by atoms with Crippen molar-refractivity contribution in [2.24, 2.45) is 23.5 Å². The van der Waals surface area contributed by atoms with Crippen molar-refractivity contribution >= 4 is 0 Å². The van der Waals surface area contributed by atoms with E-state index in [2.05, 4.69) is 30.9 Å². The SMILES string of the molecule is CN(CC1C2CCC(C2)C1N)CC1(N(C)C)CCC1. The van der Waals surface area contributed by atoms with Gasteiger partial charge in [-0.2, -0.15) is 0 Å². The quantitative estimate of drug-likeness (QED) is 0.822. The molecule has 3 aliphatic rings. The van der Waals surface area contributed by atoms with E-state index in [0.29, 0.717) is 11.6 Å². The molecule has 0 heterocycles. The predicted molar refractivity (Wildman–Crippen MR) is 80.1 cm³/mol. The number of hydrogen-bond donors (Lipinski definition) is 1. The summed E-state index contributed by atoms with van der Waals surface area (Å²) in [6, 6.07) is 0.484. The summed E-state index contributed by atoms with van der Waals surface area (Å²) < 4.78 is 0. The molecule has 0 aliphatic heterocycles. The lowest BCUT2D eigenvalue weighted by atomic mass is 9.75. The summed E-state index contributed by atoms with van der Waals surface area (Å²) in [6.07, 6.45) is 8.39. The van der Waals surface area contributed by atoms with Crippen LogP contribution < -0.4 is 5.73 Å². The van der Waals surface area contributed by atoms with Crippen LogP contribution in [0.3, 0.4) is 0 Å². The van der Waals surface area contributed by atoms with Gasteiger partial charge >= 0.3 is 0 Å². The van der Waals surface area contributed by atoms with Crippen molar-refractivity contribution in [3.63, 3.8) is 0 Å². The van der Waals surface area contributed by atoms with Gasteiger partial charge in [-0.05, 0) is 77.4 Å². The highest BCUT2D eigenvalue weighted by molar-refractivity contribution is 5.02. The van der Waals surface area contributed by atoms with Crippen molar-refractivity contribution in [2.75, 3.05) is 34.2 Å². The molecule has 4 atom stereocenters. The monoisotopic (exact) mass is 265 g/mol. The maximum absolute atomic E-state index is 6.45. The van der Waals surface area contributed by atoms with E-state index in [1.807, 2.05) is 0 Å². The van der Waals surface area contributed by atoms with Gasteiger partial charge in [0.2, 0.25) is 0 Å². The molecule has 3 nitrogen and oxygen atoms in total. The summed E-state index contributed by atoms with van der Waals surface area (Å²) in [7, 11) is 6.80. The molecule has 3 rings (SSSR count). The summed E-state index contributed by atoms with van der Waals surface area (Å²) in [5.74, 6) is 2.54. The number of nitrogens with two attached hydrogens (primary N) is 1. The number of hydrogen-bond acceptors (Lipinski definition) is 3. The second kappa shape index (κ2) is 5.01. The van der Waals surface area contributed by atoms with Crippen molar-refractivity contribution in [1.29, 1.82) is 0 Å². The second-order valence-electron chi connectivity index (χ2n) is 7.74. The Kier molecular flexibility index (Phi) is 3.65. The topological polar surface area (TPSA) is 32.5 Å². The van der Waals surface area contributed by atoms with E-state index in [1.165, 1.54) is 51.6 Å². The molecule has 0 aromatic carbocycles. The third kappa shape index (κ3) is 2.34. The largest absolute Gasteiger partial charge is 0.327 e. The molecule has 0 radical (unpaired) electrons. The maximum atomic E-state index is 6.45. The molecule has 19 heavy (non-hydrogen) atoms. The zero-order valence-electron chi connectivity index (χ0n) is 12.9. The second-order valence-corrected chi connectivity index (χ2v) is 7.74. The van der Waals surface area contributed by atoms with Crippen LogP contribution in [0, 0.1) is 17.8 Å². The molecule has 0 aromatic heterocycles. The molecule has 4 unspecified atom stereocenters. The van der Waals surface area contributed by atoms with Gasteiger partial charge in [0, 0.05) is 24.7 Å². The molecule has 3 heteroatoms. The van der Waals surface area contributed by atoms with Crippen LogP contribution in [0.5, 0.6) is 0 Å². The van der Waals surface area contributed by atoms with Crippen molar-refractivity contribution in [3.8, 4) is 0 Å². The fourth-order valence-electron chi connectivity index (χ4n) is 4.98. The van der Waals surface area contributed by atoms with Crippen LogP contribution in [0.1, 0.15) is 38.5 Å². The lowest BCUT2D eigenvalue weighted by Crippen LogP contribution is -2.57. The van der Waals surface area contributed by atoms with Crippen LogP contribution in [0.25, 0.3) is 0 Å². The summed E-state index contributed by atoms with van der Waals surface area (Å²) in [4.78, 5) is 5.03. The van der Waals surface area contributed by atoms with Crippen LogP contribution in [0.2, 0.25) is 0 Å². The highest BCUT2D eigenvalue weighted by Gasteiger charge is 2.46. The van der Waals surface area contributed by atoms with E-state index in [1.54, 1.807) is 0 Å². The third-order valence-corrected chi connectivity index (χ3v) is 6.48. The first-order valence-electron chi connectivity index (χ1n) is 8.13. The van der Waals surface area contributed by atoms with Gasteiger partial charge in [0.05, 0.1) is 0 Å². The number of likely N-dealkylation sites (N-methyl/N-ethyl adjacent to an activating group) is 2. The Morgan fingerprint density at radius 2 is 1.79 bits per heavy atom. The number of rotatable bonds is 5. The van der Waals surface area contributed by atoms with Gasteiger partial charge in [0.15, 0.2) is 0 Å². The average Bonchev–Trinajstić information content (AvgIpc) is 2.87. The highest BCUT2D eigenvalue weighted by Crippen LogP contribution is 2.48. The van der Waals surface area contributed by atoms with Gasteiger partial charge in [-0.25, -0.2) is 0 Å². The molecular weight excluding hydrogens is 234 g/mol. The first kappa shape index (κ1) is 13.8. The van der Waals surface area contributed by atoms with Gasteiger partial charge < -0.3 is 15.5 Å². The van der Waals surface area contributed by atoms with E-state index in [9.17, 15) is 0 Å². The van der Waals surface area contributed by atoms with Crippen molar-refractivity contribution in [3.05, 3.63) is 0 Å². The zero-order valence-corrected chi connectivity index (χ0v) is 12.9. The molecule has 110 valence electrons. The molecular formula is C16H31N3. The maximum Gasteiger partial charge on any atom is 0.0330 e. The minimum atomic E-state index is 0.455. The minimum Gasteiger partial charge on any atom is -0.327 e. The normalized spacial score (nSPS) is 40.1. The Morgan fingerprint density at radius 1 is 1.11 bits per heavy atom. The summed E-state index contributed by atoms with van der Waals surface area (Å²) in [5, 5.41) is 0. The lowest BCUT2D eigenvalue weighted by Gasteiger charge is -2.50. The van der Waals surface area contributed by atoms with Crippen LogP contribution in [-0.2, 0) is 0 Å². The van der Waals surface area contributed by atoms with Gasteiger partial charge in [0.25, 0.3) is 0 Å². The Bertz CT molecular complexity index is 322.